The maximum atomic E-state index is 10.9. The third-order valence-electron chi connectivity index (χ3n) is 1.40. The van der Waals surface area contributed by atoms with E-state index in [0.717, 1.165) is 0 Å². The first-order valence-electron chi connectivity index (χ1n) is 3.69. The SMILES string of the molecule is C=CC(=O)Nc1ccnc(OC)c1. The molecule has 0 aliphatic rings. The van der Waals surface area contributed by atoms with E-state index < -0.39 is 0 Å². The van der Waals surface area contributed by atoms with Crippen LogP contribution < -0.4 is 10.1 Å². The number of rotatable bonds is 3. The van der Waals surface area contributed by atoms with Gasteiger partial charge in [-0.15, -0.1) is 0 Å². The normalized spacial score (nSPS) is 9.00. The molecule has 13 heavy (non-hydrogen) atoms. The summed E-state index contributed by atoms with van der Waals surface area (Å²) in [7, 11) is 1.52. The molecule has 0 unspecified atom stereocenters. The van der Waals surface area contributed by atoms with Gasteiger partial charge in [-0.05, 0) is 12.1 Å². The van der Waals surface area contributed by atoms with Crippen molar-refractivity contribution in [2.45, 2.75) is 0 Å². The number of nitrogens with one attached hydrogen (secondary N) is 1. The van der Waals surface area contributed by atoms with Crippen molar-refractivity contribution < 1.29 is 9.53 Å². The van der Waals surface area contributed by atoms with Crippen LogP contribution in [0.2, 0.25) is 0 Å². The Balaban J connectivity index is 2.77. The lowest BCUT2D eigenvalue weighted by Gasteiger charge is -2.03. The smallest absolute Gasteiger partial charge is 0.247 e. The van der Waals surface area contributed by atoms with Crippen molar-refractivity contribution >= 4 is 11.6 Å². The zero-order chi connectivity index (χ0) is 9.68. The van der Waals surface area contributed by atoms with Gasteiger partial charge in [-0.1, -0.05) is 6.58 Å². The number of amides is 1. The Labute approximate surface area is 76.2 Å². The molecule has 68 valence electrons. The maximum absolute atomic E-state index is 10.9. The quantitative estimate of drug-likeness (QED) is 0.708. The minimum absolute atomic E-state index is 0.256. The highest BCUT2D eigenvalue weighted by molar-refractivity contribution is 5.98. The number of carbonyl (C=O) groups excluding carboxylic acids is 1. The average Bonchev–Trinajstić information content (AvgIpc) is 2.18. The van der Waals surface area contributed by atoms with Crippen LogP contribution in [0.25, 0.3) is 0 Å². The van der Waals surface area contributed by atoms with Crippen LogP contribution >= 0.6 is 0 Å². The van der Waals surface area contributed by atoms with E-state index in [1.165, 1.54) is 13.2 Å². The van der Waals surface area contributed by atoms with Gasteiger partial charge in [0.05, 0.1) is 7.11 Å². The highest BCUT2D eigenvalue weighted by Gasteiger charge is 1.98. The lowest BCUT2D eigenvalue weighted by molar-refractivity contribution is -0.111. The van der Waals surface area contributed by atoms with E-state index in [1.807, 2.05) is 0 Å². The lowest BCUT2D eigenvalue weighted by Crippen LogP contribution is -2.07. The summed E-state index contributed by atoms with van der Waals surface area (Å²) in [5.41, 5.74) is 0.636. The second-order valence-electron chi connectivity index (χ2n) is 2.28. The van der Waals surface area contributed by atoms with E-state index in [4.69, 9.17) is 4.74 Å². The van der Waals surface area contributed by atoms with Crippen LogP contribution in [0.4, 0.5) is 5.69 Å². The van der Waals surface area contributed by atoms with Gasteiger partial charge in [-0.25, -0.2) is 4.98 Å². The topological polar surface area (TPSA) is 51.2 Å². The fourth-order valence-corrected chi connectivity index (χ4v) is 0.792. The summed E-state index contributed by atoms with van der Waals surface area (Å²) in [6.45, 7) is 3.34. The number of ether oxygens (including phenoxy) is 1. The molecule has 0 aliphatic heterocycles. The molecule has 0 spiro atoms. The molecule has 0 bridgehead atoms. The Hall–Kier alpha value is -1.84. The molecule has 1 aromatic rings. The monoisotopic (exact) mass is 178 g/mol. The Morgan fingerprint density at radius 1 is 1.77 bits per heavy atom. The highest BCUT2D eigenvalue weighted by atomic mass is 16.5. The van der Waals surface area contributed by atoms with Gasteiger partial charge in [0.2, 0.25) is 11.8 Å². The molecular formula is C9H10N2O2. The summed E-state index contributed by atoms with van der Waals surface area (Å²) >= 11 is 0. The second kappa shape index (κ2) is 4.25. The average molecular weight is 178 g/mol. The van der Waals surface area contributed by atoms with Crippen LogP contribution in [0.5, 0.6) is 5.88 Å². The molecule has 0 fully saturated rings. The van der Waals surface area contributed by atoms with Crippen LogP contribution in [0.3, 0.4) is 0 Å². The van der Waals surface area contributed by atoms with Crippen LogP contribution in [-0.2, 0) is 4.79 Å². The van der Waals surface area contributed by atoms with E-state index in [1.54, 1.807) is 18.3 Å². The van der Waals surface area contributed by atoms with Gasteiger partial charge >= 0.3 is 0 Å². The number of nitrogens with zero attached hydrogens (tertiary/aromatic N) is 1. The number of aromatic nitrogens is 1. The summed E-state index contributed by atoms with van der Waals surface area (Å²) in [5, 5.41) is 2.59. The number of carbonyl (C=O) groups is 1. The first-order chi connectivity index (χ1) is 6.26. The summed E-state index contributed by atoms with van der Waals surface area (Å²) in [6.07, 6.45) is 2.75. The number of anilines is 1. The largest absolute Gasteiger partial charge is 0.481 e. The molecule has 0 aliphatic carbocycles. The zero-order valence-corrected chi connectivity index (χ0v) is 7.28. The lowest BCUT2D eigenvalue weighted by atomic mass is 10.4. The highest BCUT2D eigenvalue weighted by Crippen LogP contribution is 2.12. The van der Waals surface area contributed by atoms with Crippen molar-refractivity contribution in [1.29, 1.82) is 0 Å². The van der Waals surface area contributed by atoms with Crippen molar-refractivity contribution in [2.24, 2.45) is 0 Å². The molecular weight excluding hydrogens is 168 g/mol. The molecule has 4 nitrogen and oxygen atoms in total. The Morgan fingerprint density at radius 2 is 2.54 bits per heavy atom. The maximum Gasteiger partial charge on any atom is 0.247 e. The Bertz CT molecular complexity index is 323. The predicted octanol–water partition coefficient (Wildman–Crippen LogP) is 1.21. The summed E-state index contributed by atoms with van der Waals surface area (Å²) in [5.74, 6) is 0.204. The number of hydrogen-bond acceptors (Lipinski definition) is 3. The Morgan fingerprint density at radius 3 is 3.15 bits per heavy atom. The van der Waals surface area contributed by atoms with E-state index in [-0.39, 0.29) is 5.91 Å². The minimum Gasteiger partial charge on any atom is -0.481 e. The molecule has 0 saturated carbocycles. The predicted molar refractivity (Wildman–Crippen MR) is 49.6 cm³/mol. The van der Waals surface area contributed by atoms with Gasteiger partial charge in [0.15, 0.2) is 0 Å². The molecule has 1 N–H and O–H groups in total. The fourth-order valence-electron chi connectivity index (χ4n) is 0.792. The second-order valence-corrected chi connectivity index (χ2v) is 2.28. The molecule has 1 amide bonds. The third-order valence-corrected chi connectivity index (χ3v) is 1.40. The van der Waals surface area contributed by atoms with Crippen LogP contribution in [0, 0.1) is 0 Å². The molecule has 0 radical (unpaired) electrons. The van der Waals surface area contributed by atoms with Crippen molar-refractivity contribution in [3.05, 3.63) is 31.0 Å². The Kier molecular flexibility index (Phi) is 3.03. The van der Waals surface area contributed by atoms with Crippen LogP contribution in [0.15, 0.2) is 31.0 Å². The van der Waals surface area contributed by atoms with Crippen LogP contribution in [0.1, 0.15) is 0 Å². The van der Waals surface area contributed by atoms with Gasteiger partial charge < -0.3 is 10.1 Å². The van der Waals surface area contributed by atoms with E-state index in [0.29, 0.717) is 11.6 Å². The standard InChI is InChI=1S/C9H10N2O2/c1-3-8(12)11-7-4-5-10-9(6-7)13-2/h3-6H,1H2,2H3,(H,10,11,12). The first kappa shape index (κ1) is 9.25. The van der Waals surface area contributed by atoms with Crippen molar-refractivity contribution in [1.82, 2.24) is 4.98 Å². The third kappa shape index (κ3) is 2.59. The molecule has 1 heterocycles. The minimum atomic E-state index is -0.256. The number of methoxy groups -OCH3 is 1. The molecule has 1 rings (SSSR count). The molecule has 4 heteroatoms. The van der Waals surface area contributed by atoms with Gasteiger partial charge in [-0.2, -0.15) is 0 Å². The van der Waals surface area contributed by atoms with E-state index in [2.05, 4.69) is 16.9 Å². The number of hydrogen-bond donors (Lipinski definition) is 1. The van der Waals surface area contributed by atoms with Gasteiger partial charge in [0.25, 0.3) is 0 Å². The molecule has 0 saturated heterocycles. The molecule has 0 aromatic carbocycles. The van der Waals surface area contributed by atoms with Crippen molar-refractivity contribution in [2.75, 3.05) is 12.4 Å². The van der Waals surface area contributed by atoms with Gasteiger partial charge in [-0.3, -0.25) is 4.79 Å². The van der Waals surface area contributed by atoms with Gasteiger partial charge in [0, 0.05) is 18.0 Å². The molecule has 0 atom stereocenters. The van der Waals surface area contributed by atoms with E-state index >= 15 is 0 Å². The van der Waals surface area contributed by atoms with Crippen molar-refractivity contribution in [3.8, 4) is 5.88 Å². The summed E-state index contributed by atoms with van der Waals surface area (Å²) < 4.78 is 4.88. The molecule has 1 aromatic heterocycles. The van der Waals surface area contributed by atoms with Crippen molar-refractivity contribution in [3.63, 3.8) is 0 Å². The fraction of sp³-hybridized carbons (Fsp3) is 0.111. The number of pyridine rings is 1. The van der Waals surface area contributed by atoms with E-state index in [9.17, 15) is 4.79 Å². The zero-order valence-electron chi connectivity index (χ0n) is 7.28. The van der Waals surface area contributed by atoms with Gasteiger partial charge in [0.1, 0.15) is 0 Å². The summed E-state index contributed by atoms with van der Waals surface area (Å²) in [6, 6.07) is 3.30. The first-order valence-corrected chi connectivity index (χ1v) is 3.69. The van der Waals surface area contributed by atoms with Crippen LogP contribution in [-0.4, -0.2) is 18.0 Å². The summed E-state index contributed by atoms with van der Waals surface area (Å²) in [4.78, 5) is 14.8.